The summed E-state index contributed by atoms with van der Waals surface area (Å²) in [6.07, 6.45) is 6.51. The van der Waals surface area contributed by atoms with E-state index in [9.17, 15) is 4.79 Å². The third kappa shape index (κ3) is 3.40. The van der Waals surface area contributed by atoms with Gasteiger partial charge in [0.2, 0.25) is 0 Å². The van der Waals surface area contributed by atoms with Crippen molar-refractivity contribution in [2.45, 2.75) is 0 Å². The summed E-state index contributed by atoms with van der Waals surface area (Å²) in [6.45, 7) is 0.116. The molecule has 4 heteroatoms. The van der Waals surface area contributed by atoms with Gasteiger partial charge in [-0.25, -0.2) is 4.79 Å². The van der Waals surface area contributed by atoms with Crippen molar-refractivity contribution in [2.75, 3.05) is 13.7 Å². The van der Waals surface area contributed by atoms with Crippen molar-refractivity contribution >= 4 is 12.0 Å². The summed E-state index contributed by atoms with van der Waals surface area (Å²) < 4.78 is 9.80. The van der Waals surface area contributed by atoms with Gasteiger partial charge in [-0.3, -0.25) is 0 Å². The Hall–Kier alpha value is -2.72. The molecule has 0 atom stereocenters. The molecule has 0 radical (unpaired) electrons. The molecule has 0 aliphatic heterocycles. The second kappa shape index (κ2) is 6.78. The Labute approximate surface area is 105 Å². The van der Waals surface area contributed by atoms with Gasteiger partial charge in [0.1, 0.15) is 24.0 Å². The number of ether oxygens (including phenoxy) is 2. The number of rotatable bonds is 4. The molecule has 0 aromatic heterocycles. The predicted octanol–water partition coefficient (Wildman–Crippen LogP) is 1.78. The molecule has 0 spiro atoms. The Kier molecular flexibility index (Phi) is 5.02. The van der Waals surface area contributed by atoms with Gasteiger partial charge < -0.3 is 9.47 Å². The van der Waals surface area contributed by atoms with Crippen LogP contribution >= 0.6 is 0 Å². The predicted molar refractivity (Wildman–Crippen MR) is 66.4 cm³/mol. The number of benzene rings is 1. The molecular weight excluding hydrogens is 230 g/mol. The average Bonchev–Trinajstić information content (AvgIpc) is 2.42. The second-order valence-electron chi connectivity index (χ2n) is 3.19. The minimum Gasteiger partial charge on any atom is -0.480 e. The van der Waals surface area contributed by atoms with Gasteiger partial charge in [0.05, 0.1) is 7.11 Å². The molecule has 0 aliphatic carbocycles. The molecule has 1 aromatic rings. The maximum atomic E-state index is 11.3. The maximum Gasteiger partial charge on any atom is 0.348 e. The molecule has 0 saturated heterocycles. The normalized spacial score (nSPS) is 10.1. The van der Waals surface area contributed by atoms with E-state index in [2.05, 4.69) is 10.7 Å². The first-order valence-corrected chi connectivity index (χ1v) is 5.08. The second-order valence-corrected chi connectivity index (χ2v) is 3.19. The largest absolute Gasteiger partial charge is 0.480 e. The van der Waals surface area contributed by atoms with E-state index in [0.29, 0.717) is 11.3 Å². The van der Waals surface area contributed by atoms with Crippen molar-refractivity contribution in [1.82, 2.24) is 0 Å². The highest BCUT2D eigenvalue weighted by molar-refractivity contribution is 5.98. The van der Waals surface area contributed by atoms with E-state index in [0.717, 1.165) is 0 Å². The third-order valence-corrected chi connectivity index (χ3v) is 2.06. The lowest BCUT2D eigenvalue weighted by molar-refractivity contribution is -0.135. The third-order valence-electron chi connectivity index (χ3n) is 2.06. The Balaban J connectivity index is 3.10. The van der Waals surface area contributed by atoms with E-state index in [1.54, 1.807) is 30.3 Å². The van der Waals surface area contributed by atoms with Crippen molar-refractivity contribution in [3.05, 3.63) is 35.4 Å². The molecule has 1 aromatic carbocycles. The van der Waals surface area contributed by atoms with Gasteiger partial charge in [-0.2, -0.15) is 5.26 Å². The number of carbonyl (C=O) groups is 1. The first-order valence-electron chi connectivity index (χ1n) is 5.08. The first kappa shape index (κ1) is 13.3. The molecule has 0 heterocycles. The average molecular weight is 241 g/mol. The van der Waals surface area contributed by atoms with Crippen molar-refractivity contribution in [3.63, 3.8) is 0 Å². The fourth-order valence-electron chi connectivity index (χ4n) is 1.25. The Morgan fingerprint density at radius 1 is 1.50 bits per heavy atom. The summed E-state index contributed by atoms with van der Waals surface area (Å²) in [5.74, 6) is 2.16. The van der Waals surface area contributed by atoms with E-state index in [-0.39, 0.29) is 12.2 Å². The van der Waals surface area contributed by atoms with Crippen LogP contribution in [0, 0.1) is 23.7 Å². The molecule has 0 bridgehead atoms. The van der Waals surface area contributed by atoms with Gasteiger partial charge in [-0.15, -0.1) is 6.42 Å². The Morgan fingerprint density at radius 3 is 2.83 bits per heavy atom. The summed E-state index contributed by atoms with van der Waals surface area (Å²) in [7, 11) is 1.22. The molecule has 90 valence electrons. The van der Waals surface area contributed by atoms with Gasteiger partial charge in [-0.05, 0) is 12.1 Å². The number of nitriles is 1. The number of nitrogens with zero attached hydrogens (tertiary/aromatic N) is 1. The van der Waals surface area contributed by atoms with Crippen molar-refractivity contribution in [2.24, 2.45) is 0 Å². The summed E-state index contributed by atoms with van der Waals surface area (Å²) >= 11 is 0. The van der Waals surface area contributed by atoms with Gasteiger partial charge in [0.15, 0.2) is 0 Å². The van der Waals surface area contributed by atoms with Crippen molar-refractivity contribution in [3.8, 4) is 24.2 Å². The number of carbonyl (C=O) groups excluding carboxylic acids is 1. The van der Waals surface area contributed by atoms with Crippen LogP contribution in [0.1, 0.15) is 5.56 Å². The van der Waals surface area contributed by atoms with Crippen LogP contribution in [0.25, 0.3) is 6.08 Å². The lowest BCUT2D eigenvalue weighted by Crippen LogP contribution is -2.03. The topological polar surface area (TPSA) is 59.3 Å². The number of methoxy groups -OCH3 is 1. The van der Waals surface area contributed by atoms with Crippen LogP contribution in [0.3, 0.4) is 0 Å². The van der Waals surface area contributed by atoms with Gasteiger partial charge in [0, 0.05) is 5.56 Å². The molecule has 0 saturated carbocycles. The monoisotopic (exact) mass is 241 g/mol. The molecule has 0 unspecified atom stereocenters. The molecule has 0 N–H and O–H groups in total. The summed E-state index contributed by atoms with van der Waals surface area (Å²) in [5.41, 5.74) is 0.490. The van der Waals surface area contributed by atoms with Crippen LogP contribution in [0.2, 0.25) is 0 Å². The van der Waals surface area contributed by atoms with Crippen LogP contribution in [0.15, 0.2) is 29.8 Å². The fraction of sp³-hybridized carbons (Fsp3) is 0.143. The van der Waals surface area contributed by atoms with Crippen LogP contribution in [-0.4, -0.2) is 19.7 Å². The van der Waals surface area contributed by atoms with E-state index in [4.69, 9.17) is 16.4 Å². The molecule has 18 heavy (non-hydrogen) atoms. The molecule has 4 nitrogen and oxygen atoms in total. The smallest absolute Gasteiger partial charge is 0.348 e. The van der Waals surface area contributed by atoms with Crippen LogP contribution in [0.5, 0.6) is 5.75 Å². The van der Waals surface area contributed by atoms with Crippen LogP contribution in [0.4, 0.5) is 0 Å². The Bertz CT molecular complexity index is 547. The molecule has 0 fully saturated rings. The zero-order valence-electron chi connectivity index (χ0n) is 9.84. The van der Waals surface area contributed by atoms with Gasteiger partial charge in [0.25, 0.3) is 0 Å². The van der Waals surface area contributed by atoms with Crippen LogP contribution < -0.4 is 4.74 Å². The summed E-state index contributed by atoms with van der Waals surface area (Å²) in [4.78, 5) is 11.3. The molecule has 0 amide bonds. The zero-order valence-corrected chi connectivity index (χ0v) is 9.84. The molecule has 0 aliphatic rings. The standard InChI is InChI=1S/C14H11NO3/c1-3-8-18-13-7-5-4-6-11(13)9-12(10-15)14(16)17-2/h1,4-7,9H,8H2,2H3/b12-9+. The molecule has 1 rings (SSSR count). The quantitative estimate of drug-likeness (QED) is 0.349. The van der Waals surface area contributed by atoms with Crippen molar-refractivity contribution in [1.29, 1.82) is 5.26 Å². The summed E-state index contributed by atoms with van der Waals surface area (Å²) in [5, 5.41) is 8.86. The minimum absolute atomic E-state index is 0.103. The van der Waals surface area contributed by atoms with Crippen molar-refractivity contribution < 1.29 is 14.3 Å². The van der Waals surface area contributed by atoms with E-state index < -0.39 is 5.97 Å². The number of esters is 1. The highest BCUT2D eigenvalue weighted by atomic mass is 16.5. The number of hydrogen-bond donors (Lipinski definition) is 0. The first-order chi connectivity index (χ1) is 8.72. The van der Waals surface area contributed by atoms with Gasteiger partial charge >= 0.3 is 5.97 Å². The number of hydrogen-bond acceptors (Lipinski definition) is 4. The SMILES string of the molecule is C#CCOc1ccccc1/C=C(\C#N)C(=O)OC. The lowest BCUT2D eigenvalue weighted by atomic mass is 10.1. The van der Waals surface area contributed by atoms with E-state index >= 15 is 0 Å². The highest BCUT2D eigenvalue weighted by Gasteiger charge is 2.10. The van der Waals surface area contributed by atoms with Gasteiger partial charge in [-0.1, -0.05) is 24.1 Å². The highest BCUT2D eigenvalue weighted by Crippen LogP contribution is 2.21. The molecular formula is C14H11NO3. The number of terminal acetylenes is 1. The summed E-state index contributed by atoms with van der Waals surface area (Å²) in [6, 6.07) is 8.73. The fourth-order valence-corrected chi connectivity index (χ4v) is 1.25. The van der Waals surface area contributed by atoms with E-state index in [1.807, 2.05) is 0 Å². The van der Waals surface area contributed by atoms with Crippen LogP contribution in [-0.2, 0) is 9.53 Å². The Morgan fingerprint density at radius 2 is 2.22 bits per heavy atom. The maximum absolute atomic E-state index is 11.3. The zero-order chi connectivity index (χ0) is 13.4. The minimum atomic E-state index is -0.691. The number of para-hydroxylation sites is 1. The lowest BCUT2D eigenvalue weighted by Gasteiger charge is -2.06. The van der Waals surface area contributed by atoms with E-state index in [1.165, 1.54) is 13.2 Å².